The van der Waals surface area contributed by atoms with Gasteiger partial charge in [0.1, 0.15) is 18.5 Å². The zero-order valence-corrected chi connectivity index (χ0v) is 15.0. The molecule has 0 saturated carbocycles. The molecular weight excluding hydrogens is 332 g/mol. The number of aliphatic hydroxyl groups excluding tert-OH is 1. The standard InChI is InChI=1S/C20H24N2O4/c1-3-15-6-4-5-7-19(15)22-20(25)21-12-17(24)13-26-18-10-8-16(9-11-18)14(2)23/h4-11,17,24H,3,12-13H2,1-2H3,(H2,21,22,25). The normalized spacial score (nSPS) is 11.5. The number of urea groups is 1. The summed E-state index contributed by atoms with van der Waals surface area (Å²) in [6.45, 7) is 3.61. The smallest absolute Gasteiger partial charge is 0.319 e. The number of para-hydroxylation sites is 1. The molecule has 0 fully saturated rings. The average molecular weight is 356 g/mol. The fourth-order valence-corrected chi connectivity index (χ4v) is 2.36. The highest BCUT2D eigenvalue weighted by molar-refractivity contribution is 5.94. The SMILES string of the molecule is CCc1ccccc1NC(=O)NCC(O)COc1ccc(C(C)=O)cc1. The molecule has 138 valence electrons. The lowest BCUT2D eigenvalue weighted by molar-refractivity contribution is 0.101. The van der Waals surface area contributed by atoms with Crippen LogP contribution in [0.5, 0.6) is 5.75 Å². The lowest BCUT2D eigenvalue weighted by atomic mass is 10.1. The zero-order valence-electron chi connectivity index (χ0n) is 15.0. The van der Waals surface area contributed by atoms with Crippen molar-refractivity contribution in [3.05, 3.63) is 59.7 Å². The maximum atomic E-state index is 12.0. The number of aryl methyl sites for hydroxylation is 1. The average Bonchev–Trinajstić information content (AvgIpc) is 2.65. The third-order valence-electron chi connectivity index (χ3n) is 3.85. The van der Waals surface area contributed by atoms with Crippen molar-refractivity contribution in [3.8, 4) is 5.75 Å². The number of ketones is 1. The van der Waals surface area contributed by atoms with E-state index in [0.717, 1.165) is 17.7 Å². The number of amides is 2. The van der Waals surface area contributed by atoms with Crippen LogP contribution in [0.3, 0.4) is 0 Å². The number of rotatable bonds is 8. The van der Waals surface area contributed by atoms with Gasteiger partial charge in [0.2, 0.25) is 0 Å². The van der Waals surface area contributed by atoms with E-state index in [2.05, 4.69) is 10.6 Å². The Balaban J connectivity index is 1.74. The van der Waals surface area contributed by atoms with Crippen LogP contribution in [0.1, 0.15) is 29.8 Å². The van der Waals surface area contributed by atoms with E-state index in [0.29, 0.717) is 11.3 Å². The molecule has 0 spiro atoms. The predicted octanol–water partition coefficient (Wildman–Crippen LogP) is 3.01. The molecule has 0 aliphatic rings. The van der Waals surface area contributed by atoms with Gasteiger partial charge in [-0.3, -0.25) is 4.79 Å². The second kappa shape index (κ2) is 9.58. The molecule has 1 atom stereocenters. The van der Waals surface area contributed by atoms with E-state index in [1.165, 1.54) is 6.92 Å². The molecule has 2 amide bonds. The Hall–Kier alpha value is -2.86. The number of nitrogens with one attached hydrogen (secondary N) is 2. The first-order valence-corrected chi connectivity index (χ1v) is 8.54. The van der Waals surface area contributed by atoms with Gasteiger partial charge in [-0.05, 0) is 49.2 Å². The van der Waals surface area contributed by atoms with Gasteiger partial charge in [0, 0.05) is 17.8 Å². The Morgan fingerprint density at radius 1 is 1.12 bits per heavy atom. The molecule has 6 nitrogen and oxygen atoms in total. The second-order valence-electron chi connectivity index (χ2n) is 5.89. The molecular formula is C20H24N2O4. The summed E-state index contributed by atoms with van der Waals surface area (Å²) in [6.07, 6.45) is -0.0374. The van der Waals surface area contributed by atoms with Crippen molar-refractivity contribution >= 4 is 17.5 Å². The minimum atomic E-state index is -0.852. The van der Waals surface area contributed by atoms with Gasteiger partial charge in [0.25, 0.3) is 0 Å². The Labute approximate surface area is 153 Å². The molecule has 0 aliphatic carbocycles. The minimum absolute atomic E-state index is 0.0172. The summed E-state index contributed by atoms with van der Waals surface area (Å²) in [4.78, 5) is 23.2. The van der Waals surface area contributed by atoms with Crippen molar-refractivity contribution in [2.45, 2.75) is 26.4 Å². The first-order valence-electron chi connectivity index (χ1n) is 8.54. The highest BCUT2D eigenvalue weighted by atomic mass is 16.5. The highest BCUT2D eigenvalue weighted by Crippen LogP contribution is 2.15. The fourth-order valence-electron chi connectivity index (χ4n) is 2.36. The van der Waals surface area contributed by atoms with Gasteiger partial charge in [-0.1, -0.05) is 25.1 Å². The van der Waals surface area contributed by atoms with Gasteiger partial charge < -0.3 is 20.5 Å². The number of benzene rings is 2. The molecule has 26 heavy (non-hydrogen) atoms. The maximum absolute atomic E-state index is 12.0. The number of carbonyl (C=O) groups is 2. The van der Waals surface area contributed by atoms with E-state index in [-0.39, 0.29) is 25.0 Å². The number of carbonyl (C=O) groups excluding carboxylic acids is 2. The van der Waals surface area contributed by atoms with Crippen molar-refractivity contribution < 1.29 is 19.4 Å². The molecule has 2 aromatic rings. The number of ether oxygens (including phenoxy) is 1. The Kier molecular flexibility index (Phi) is 7.17. The van der Waals surface area contributed by atoms with E-state index in [1.807, 2.05) is 31.2 Å². The number of hydrogen-bond acceptors (Lipinski definition) is 4. The molecule has 0 radical (unpaired) electrons. The van der Waals surface area contributed by atoms with Crippen molar-refractivity contribution in [2.75, 3.05) is 18.5 Å². The van der Waals surface area contributed by atoms with E-state index >= 15 is 0 Å². The largest absolute Gasteiger partial charge is 0.491 e. The van der Waals surface area contributed by atoms with Gasteiger partial charge in [0.15, 0.2) is 5.78 Å². The van der Waals surface area contributed by atoms with Crippen LogP contribution in [0, 0.1) is 0 Å². The molecule has 2 aromatic carbocycles. The summed E-state index contributed by atoms with van der Waals surface area (Å²) in [5.74, 6) is 0.534. The number of Topliss-reactive ketones (excluding diaryl/α,β-unsaturated/α-hetero) is 1. The number of aliphatic hydroxyl groups is 1. The van der Waals surface area contributed by atoms with Crippen LogP contribution in [0.25, 0.3) is 0 Å². The van der Waals surface area contributed by atoms with Crippen LogP contribution >= 0.6 is 0 Å². The number of hydrogen-bond donors (Lipinski definition) is 3. The molecule has 0 aromatic heterocycles. The molecule has 0 bridgehead atoms. The monoisotopic (exact) mass is 356 g/mol. The second-order valence-corrected chi connectivity index (χ2v) is 5.89. The lowest BCUT2D eigenvalue weighted by Crippen LogP contribution is -2.37. The van der Waals surface area contributed by atoms with E-state index in [4.69, 9.17) is 4.74 Å². The van der Waals surface area contributed by atoms with Crippen molar-refractivity contribution in [2.24, 2.45) is 0 Å². The van der Waals surface area contributed by atoms with Crippen LogP contribution in [0.4, 0.5) is 10.5 Å². The van der Waals surface area contributed by atoms with Crippen LogP contribution in [0.2, 0.25) is 0 Å². The summed E-state index contributed by atoms with van der Waals surface area (Å²) in [5.41, 5.74) is 2.40. The third kappa shape index (κ3) is 5.89. The maximum Gasteiger partial charge on any atom is 0.319 e. The molecule has 0 aliphatic heterocycles. The summed E-state index contributed by atoms with van der Waals surface area (Å²) >= 11 is 0. The molecule has 3 N–H and O–H groups in total. The van der Waals surface area contributed by atoms with Crippen molar-refractivity contribution in [1.82, 2.24) is 5.32 Å². The third-order valence-corrected chi connectivity index (χ3v) is 3.85. The van der Waals surface area contributed by atoms with Crippen LogP contribution < -0.4 is 15.4 Å². The van der Waals surface area contributed by atoms with Crippen molar-refractivity contribution in [3.63, 3.8) is 0 Å². The Bertz CT molecular complexity index is 744. The Morgan fingerprint density at radius 2 is 1.81 bits per heavy atom. The quantitative estimate of drug-likeness (QED) is 0.635. The lowest BCUT2D eigenvalue weighted by Gasteiger charge is -2.15. The molecule has 0 saturated heterocycles. The first-order chi connectivity index (χ1) is 12.5. The van der Waals surface area contributed by atoms with Crippen LogP contribution in [-0.2, 0) is 6.42 Å². The molecule has 0 heterocycles. The van der Waals surface area contributed by atoms with Gasteiger partial charge in [-0.2, -0.15) is 0 Å². The van der Waals surface area contributed by atoms with Gasteiger partial charge in [-0.25, -0.2) is 4.79 Å². The van der Waals surface area contributed by atoms with Crippen LogP contribution in [-0.4, -0.2) is 36.2 Å². The molecule has 1 unspecified atom stereocenters. The van der Waals surface area contributed by atoms with Crippen molar-refractivity contribution in [1.29, 1.82) is 0 Å². The van der Waals surface area contributed by atoms with E-state index in [1.54, 1.807) is 24.3 Å². The van der Waals surface area contributed by atoms with E-state index < -0.39 is 6.10 Å². The highest BCUT2D eigenvalue weighted by Gasteiger charge is 2.10. The molecule has 6 heteroatoms. The zero-order chi connectivity index (χ0) is 18.9. The first kappa shape index (κ1) is 19.5. The predicted molar refractivity (Wildman–Crippen MR) is 101 cm³/mol. The number of anilines is 1. The molecule has 2 rings (SSSR count). The van der Waals surface area contributed by atoms with Gasteiger partial charge in [-0.15, -0.1) is 0 Å². The summed E-state index contributed by atoms with van der Waals surface area (Å²) in [5, 5.41) is 15.3. The Morgan fingerprint density at radius 3 is 2.46 bits per heavy atom. The van der Waals surface area contributed by atoms with Gasteiger partial charge >= 0.3 is 6.03 Å². The summed E-state index contributed by atoms with van der Waals surface area (Å²) in [6, 6.07) is 13.9. The summed E-state index contributed by atoms with van der Waals surface area (Å²) in [7, 11) is 0. The fraction of sp³-hybridized carbons (Fsp3) is 0.300. The van der Waals surface area contributed by atoms with Crippen LogP contribution in [0.15, 0.2) is 48.5 Å². The minimum Gasteiger partial charge on any atom is -0.491 e. The van der Waals surface area contributed by atoms with Gasteiger partial charge in [0.05, 0.1) is 0 Å². The van der Waals surface area contributed by atoms with E-state index in [9.17, 15) is 14.7 Å². The topological polar surface area (TPSA) is 87.7 Å². The summed E-state index contributed by atoms with van der Waals surface area (Å²) < 4.78 is 5.46.